The first-order valence-corrected chi connectivity index (χ1v) is 13.8. The summed E-state index contributed by atoms with van der Waals surface area (Å²) in [5.74, 6) is -4.65. The number of halogens is 2. The van der Waals surface area contributed by atoms with Crippen LogP contribution in [0, 0.1) is 11.6 Å². The number of ketones is 1. The van der Waals surface area contributed by atoms with E-state index in [2.05, 4.69) is 33.6 Å². The molecule has 0 atom stereocenters. The van der Waals surface area contributed by atoms with Crippen LogP contribution in [-0.2, 0) is 11.2 Å². The van der Waals surface area contributed by atoms with Crippen molar-refractivity contribution < 1.29 is 32.3 Å². The summed E-state index contributed by atoms with van der Waals surface area (Å²) in [6, 6.07) is 11.7. The molecule has 3 heterocycles. The molecular formula is C32H32F2N4O5. The number of rotatable bonds is 10. The van der Waals surface area contributed by atoms with E-state index in [0.29, 0.717) is 23.3 Å². The summed E-state index contributed by atoms with van der Waals surface area (Å²) >= 11 is 0. The quantitative estimate of drug-likeness (QED) is 0.199. The second-order valence-electron chi connectivity index (χ2n) is 10.0. The van der Waals surface area contributed by atoms with E-state index in [1.807, 2.05) is 18.2 Å². The molecule has 11 heteroatoms. The third-order valence-electron chi connectivity index (χ3n) is 7.55. The van der Waals surface area contributed by atoms with E-state index in [-0.39, 0.29) is 28.7 Å². The first kappa shape index (κ1) is 29.7. The Morgan fingerprint density at radius 1 is 1.02 bits per heavy atom. The average Bonchev–Trinajstić information content (AvgIpc) is 3.45. The van der Waals surface area contributed by atoms with Gasteiger partial charge in [-0.25, -0.2) is 13.8 Å². The lowest BCUT2D eigenvalue weighted by Crippen LogP contribution is -2.46. The molecular weight excluding hydrogens is 558 g/mol. The van der Waals surface area contributed by atoms with Gasteiger partial charge in [-0.1, -0.05) is 19.6 Å². The van der Waals surface area contributed by atoms with Crippen molar-refractivity contribution in [2.75, 3.05) is 57.2 Å². The highest BCUT2D eigenvalue weighted by molar-refractivity contribution is 6.09. The maximum atomic E-state index is 14.9. The molecule has 1 fully saturated rings. The van der Waals surface area contributed by atoms with Gasteiger partial charge in [-0.15, -0.1) is 0 Å². The normalized spacial score (nSPS) is 13.7. The van der Waals surface area contributed by atoms with Crippen LogP contribution < -0.4 is 19.7 Å². The topological polar surface area (TPSA) is 97.1 Å². The first-order chi connectivity index (χ1) is 20.8. The number of likely N-dealkylation sites (N-methyl/N-ethyl adjacent to an activating group) is 1. The molecule has 224 valence electrons. The number of piperazine rings is 1. The Morgan fingerprint density at radius 2 is 1.72 bits per heavy atom. The zero-order valence-electron chi connectivity index (χ0n) is 24.2. The molecule has 4 aromatic rings. The monoisotopic (exact) mass is 590 g/mol. The SMILES string of the molecule is C=CC(=O)Nc1cc(N2CCN(CC)CC2)ccc1Cc1ccc2oc(C(=O)c3c(F)c(OC)cc(OC)c3F)cc2n1. The number of anilines is 2. The van der Waals surface area contributed by atoms with E-state index < -0.39 is 23.0 Å². The predicted octanol–water partition coefficient (Wildman–Crippen LogP) is 5.21. The van der Waals surface area contributed by atoms with Crippen LogP contribution in [-0.4, -0.2) is 68.5 Å². The molecule has 2 aromatic carbocycles. The second-order valence-corrected chi connectivity index (χ2v) is 10.0. The fourth-order valence-electron chi connectivity index (χ4n) is 5.12. The number of amides is 1. The van der Waals surface area contributed by atoms with E-state index >= 15 is 0 Å². The number of hydrogen-bond acceptors (Lipinski definition) is 8. The molecule has 0 bridgehead atoms. The first-order valence-electron chi connectivity index (χ1n) is 13.8. The number of hydrogen-bond donors (Lipinski definition) is 1. The Kier molecular flexibility index (Phi) is 8.72. The summed E-state index contributed by atoms with van der Waals surface area (Å²) in [4.78, 5) is 34.7. The molecule has 1 saturated heterocycles. The van der Waals surface area contributed by atoms with Gasteiger partial charge in [-0.2, -0.15) is 0 Å². The number of carbonyl (C=O) groups excluding carboxylic acids is 2. The number of methoxy groups -OCH3 is 2. The van der Waals surface area contributed by atoms with Gasteiger partial charge in [0.15, 0.2) is 34.5 Å². The van der Waals surface area contributed by atoms with Gasteiger partial charge in [0.1, 0.15) is 11.1 Å². The Balaban J connectivity index is 1.43. The van der Waals surface area contributed by atoms with Gasteiger partial charge < -0.3 is 29.0 Å². The molecule has 0 radical (unpaired) electrons. The molecule has 2 aromatic heterocycles. The van der Waals surface area contributed by atoms with E-state index in [4.69, 9.17) is 13.9 Å². The average molecular weight is 591 g/mol. The smallest absolute Gasteiger partial charge is 0.247 e. The zero-order valence-corrected chi connectivity index (χ0v) is 24.2. The van der Waals surface area contributed by atoms with Crippen molar-refractivity contribution in [3.05, 3.63) is 89.3 Å². The van der Waals surface area contributed by atoms with Crippen LogP contribution >= 0.6 is 0 Å². The van der Waals surface area contributed by atoms with Crippen LogP contribution in [0.5, 0.6) is 11.5 Å². The summed E-state index contributed by atoms with van der Waals surface area (Å²) in [7, 11) is 2.40. The van der Waals surface area contributed by atoms with Crippen LogP contribution in [0.3, 0.4) is 0 Å². The number of nitrogens with one attached hydrogen (secondary N) is 1. The molecule has 9 nitrogen and oxygen atoms in total. The lowest BCUT2D eigenvalue weighted by atomic mass is 10.0. The second kappa shape index (κ2) is 12.6. The largest absolute Gasteiger partial charge is 0.494 e. The molecule has 43 heavy (non-hydrogen) atoms. The van der Waals surface area contributed by atoms with Gasteiger partial charge in [0.25, 0.3) is 0 Å². The summed E-state index contributed by atoms with van der Waals surface area (Å²) in [5, 5.41) is 2.91. The molecule has 0 aliphatic carbocycles. The van der Waals surface area contributed by atoms with Gasteiger partial charge in [-0.05, 0) is 42.4 Å². The van der Waals surface area contributed by atoms with Gasteiger partial charge in [0.2, 0.25) is 11.7 Å². The van der Waals surface area contributed by atoms with E-state index in [1.54, 1.807) is 12.1 Å². The van der Waals surface area contributed by atoms with Gasteiger partial charge >= 0.3 is 0 Å². The third-order valence-corrected chi connectivity index (χ3v) is 7.55. The van der Waals surface area contributed by atoms with Crippen LogP contribution in [0.1, 0.15) is 34.3 Å². The van der Waals surface area contributed by atoms with Crippen LogP contribution in [0.25, 0.3) is 11.1 Å². The van der Waals surface area contributed by atoms with E-state index in [9.17, 15) is 18.4 Å². The van der Waals surface area contributed by atoms with E-state index in [0.717, 1.165) is 50.0 Å². The van der Waals surface area contributed by atoms with Crippen molar-refractivity contribution in [2.45, 2.75) is 13.3 Å². The van der Waals surface area contributed by atoms with Gasteiger partial charge in [0.05, 0.1) is 14.2 Å². The van der Waals surface area contributed by atoms with Crippen molar-refractivity contribution in [3.8, 4) is 11.5 Å². The van der Waals surface area contributed by atoms with Crippen LogP contribution in [0.4, 0.5) is 20.2 Å². The molecule has 1 aliphatic rings. The Morgan fingerprint density at radius 3 is 2.35 bits per heavy atom. The highest BCUT2D eigenvalue weighted by Crippen LogP contribution is 2.34. The Bertz CT molecular complexity index is 1670. The number of aromatic nitrogens is 1. The number of fused-ring (bicyclic) bond motifs is 1. The molecule has 1 N–H and O–H groups in total. The number of nitrogens with zero attached hydrogens (tertiary/aromatic N) is 3. The predicted molar refractivity (Wildman–Crippen MR) is 159 cm³/mol. The number of ether oxygens (including phenoxy) is 2. The van der Waals surface area contributed by atoms with Crippen molar-refractivity contribution in [2.24, 2.45) is 0 Å². The molecule has 1 aliphatic heterocycles. The zero-order chi connectivity index (χ0) is 30.7. The maximum Gasteiger partial charge on any atom is 0.247 e. The molecule has 0 saturated carbocycles. The molecule has 0 unspecified atom stereocenters. The minimum atomic E-state index is -1.16. The van der Waals surface area contributed by atoms with Crippen LogP contribution in [0.15, 0.2) is 59.5 Å². The fourth-order valence-corrected chi connectivity index (χ4v) is 5.12. The minimum Gasteiger partial charge on any atom is -0.494 e. The summed E-state index contributed by atoms with van der Waals surface area (Å²) in [5.41, 5.74) is 2.85. The number of pyridine rings is 1. The standard InChI is InChI=1S/C32H32F2N4O5/c1-5-28(39)36-22-16-21(38-13-11-37(6-2)12-14-38)9-7-19(22)15-20-8-10-24-23(35-20)17-27(43-24)32(40)29-30(33)25(41-3)18-26(42-4)31(29)34/h5,7-10,16-18H,1,6,11-15H2,2-4H3,(H,36,39). The molecule has 5 rings (SSSR count). The van der Waals surface area contributed by atoms with Crippen molar-refractivity contribution in [1.82, 2.24) is 9.88 Å². The molecule has 0 spiro atoms. The third kappa shape index (κ3) is 6.07. The van der Waals surface area contributed by atoms with Gasteiger partial charge in [-0.3, -0.25) is 9.59 Å². The van der Waals surface area contributed by atoms with Crippen molar-refractivity contribution in [1.29, 1.82) is 0 Å². The summed E-state index contributed by atoms with van der Waals surface area (Å²) in [6.07, 6.45) is 1.58. The number of benzene rings is 2. The Hall–Kier alpha value is -4.77. The van der Waals surface area contributed by atoms with Crippen LogP contribution in [0.2, 0.25) is 0 Å². The highest BCUT2D eigenvalue weighted by Gasteiger charge is 2.29. The summed E-state index contributed by atoms with van der Waals surface area (Å²) < 4.78 is 45.4. The minimum absolute atomic E-state index is 0.268. The fraction of sp³-hybridized carbons (Fsp3) is 0.281. The molecule has 1 amide bonds. The van der Waals surface area contributed by atoms with Crippen molar-refractivity contribution >= 4 is 34.2 Å². The highest BCUT2D eigenvalue weighted by atomic mass is 19.1. The maximum absolute atomic E-state index is 14.9. The van der Waals surface area contributed by atoms with Crippen molar-refractivity contribution in [3.63, 3.8) is 0 Å². The Labute approximate surface area is 247 Å². The summed E-state index contributed by atoms with van der Waals surface area (Å²) in [6.45, 7) is 10.4. The lowest BCUT2D eigenvalue weighted by molar-refractivity contribution is -0.111. The lowest BCUT2D eigenvalue weighted by Gasteiger charge is -2.35. The van der Waals surface area contributed by atoms with E-state index in [1.165, 1.54) is 26.4 Å². The number of furan rings is 1. The van der Waals surface area contributed by atoms with Gasteiger partial charge in [0, 0.05) is 61.8 Å². The number of carbonyl (C=O) groups is 2.